The molecule has 1 N–H and O–H groups in total. The number of rotatable bonds is 7. The molecule has 2 aromatic carbocycles. The smallest absolute Gasteiger partial charge is 0.192 e. The highest BCUT2D eigenvalue weighted by Gasteiger charge is 2.37. The van der Waals surface area contributed by atoms with Gasteiger partial charge in [-0.2, -0.15) is 0 Å². The number of nitrogens with zero attached hydrogens (tertiary/aromatic N) is 1. The van der Waals surface area contributed by atoms with Gasteiger partial charge in [0, 0.05) is 17.7 Å². The molecule has 0 aliphatic heterocycles. The molecular formula is C24H32N2O2Si. The van der Waals surface area contributed by atoms with Crippen LogP contribution in [0.15, 0.2) is 54.6 Å². The van der Waals surface area contributed by atoms with Crippen molar-refractivity contribution in [3.05, 3.63) is 71.7 Å². The fourth-order valence-corrected chi connectivity index (χ4v) is 3.84. The highest BCUT2D eigenvalue weighted by atomic mass is 28.4. The predicted octanol–water partition coefficient (Wildman–Crippen LogP) is 6.20. The molecular weight excluding hydrogens is 376 g/mol. The average Bonchev–Trinajstić information content (AvgIpc) is 3.10. The minimum absolute atomic E-state index is 0.174. The number of nitrogens with one attached hydrogen (secondary N) is 1. The van der Waals surface area contributed by atoms with Gasteiger partial charge in [-0.25, -0.2) is 4.98 Å². The van der Waals surface area contributed by atoms with E-state index in [2.05, 4.69) is 63.1 Å². The third kappa shape index (κ3) is 5.17. The van der Waals surface area contributed by atoms with Gasteiger partial charge < -0.3 is 14.1 Å². The van der Waals surface area contributed by atoms with Crippen LogP contribution in [0, 0.1) is 0 Å². The molecule has 154 valence electrons. The van der Waals surface area contributed by atoms with Crippen molar-refractivity contribution < 1.29 is 9.16 Å². The van der Waals surface area contributed by atoms with Crippen LogP contribution >= 0.6 is 0 Å². The van der Waals surface area contributed by atoms with Gasteiger partial charge in [0.15, 0.2) is 8.32 Å². The summed E-state index contributed by atoms with van der Waals surface area (Å²) in [5.41, 5.74) is 4.43. The van der Waals surface area contributed by atoms with Crippen LogP contribution in [-0.2, 0) is 17.5 Å². The van der Waals surface area contributed by atoms with Crippen LogP contribution in [-0.4, -0.2) is 25.4 Å². The van der Waals surface area contributed by atoms with E-state index in [0.717, 1.165) is 34.9 Å². The van der Waals surface area contributed by atoms with Gasteiger partial charge in [0.1, 0.15) is 11.6 Å². The number of H-pyrrole nitrogens is 1. The maximum Gasteiger partial charge on any atom is 0.192 e. The topological polar surface area (TPSA) is 47.1 Å². The Bertz CT molecular complexity index is 926. The zero-order chi connectivity index (χ0) is 21.1. The van der Waals surface area contributed by atoms with Crippen LogP contribution in [0.25, 0.3) is 11.3 Å². The molecule has 29 heavy (non-hydrogen) atoms. The van der Waals surface area contributed by atoms with Crippen LogP contribution in [0.4, 0.5) is 0 Å². The van der Waals surface area contributed by atoms with Gasteiger partial charge in [0.25, 0.3) is 0 Å². The normalized spacial score (nSPS) is 12.2. The van der Waals surface area contributed by atoms with E-state index in [0.29, 0.717) is 6.61 Å². The molecule has 0 aliphatic rings. The largest absolute Gasteiger partial charge is 0.497 e. The van der Waals surface area contributed by atoms with E-state index in [1.54, 1.807) is 7.11 Å². The molecule has 0 aliphatic carbocycles. The molecule has 0 saturated heterocycles. The third-order valence-corrected chi connectivity index (χ3v) is 10.3. The number of benzene rings is 2. The van der Waals surface area contributed by atoms with Gasteiger partial charge in [0.2, 0.25) is 0 Å². The summed E-state index contributed by atoms with van der Waals surface area (Å²) in [4.78, 5) is 8.45. The number of hydrogen-bond acceptors (Lipinski definition) is 3. The zero-order valence-corrected chi connectivity index (χ0v) is 19.4. The summed E-state index contributed by atoms with van der Waals surface area (Å²) in [5, 5.41) is 0.174. The molecule has 0 radical (unpaired) electrons. The number of methoxy groups -OCH3 is 1. The summed E-state index contributed by atoms with van der Waals surface area (Å²) in [6, 6.07) is 18.5. The number of aromatic amines is 1. The Kier molecular flexibility index (Phi) is 6.29. The van der Waals surface area contributed by atoms with Crippen molar-refractivity contribution in [3.8, 4) is 17.0 Å². The molecule has 0 spiro atoms. The van der Waals surface area contributed by atoms with Crippen LogP contribution < -0.4 is 4.74 Å². The van der Waals surface area contributed by atoms with Gasteiger partial charge in [-0.1, -0.05) is 63.2 Å². The lowest BCUT2D eigenvalue weighted by atomic mass is 10.0. The predicted molar refractivity (Wildman–Crippen MR) is 122 cm³/mol. The summed E-state index contributed by atoms with van der Waals surface area (Å²) in [5.74, 6) is 1.75. The molecule has 4 nitrogen and oxygen atoms in total. The van der Waals surface area contributed by atoms with Crippen molar-refractivity contribution in [1.82, 2.24) is 9.97 Å². The van der Waals surface area contributed by atoms with Gasteiger partial charge in [-0.15, -0.1) is 0 Å². The van der Waals surface area contributed by atoms with Crippen LogP contribution in [0.3, 0.4) is 0 Å². The van der Waals surface area contributed by atoms with Crippen molar-refractivity contribution in [1.29, 1.82) is 0 Å². The molecule has 0 saturated carbocycles. The number of imidazole rings is 1. The highest BCUT2D eigenvalue weighted by Crippen LogP contribution is 2.37. The fourth-order valence-electron chi connectivity index (χ4n) is 2.91. The summed E-state index contributed by atoms with van der Waals surface area (Å²) < 4.78 is 11.7. The molecule has 0 bridgehead atoms. The lowest BCUT2D eigenvalue weighted by Gasteiger charge is -2.35. The Balaban J connectivity index is 1.87. The van der Waals surface area contributed by atoms with Crippen LogP contribution in [0.5, 0.6) is 5.75 Å². The highest BCUT2D eigenvalue weighted by molar-refractivity contribution is 6.74. The monoisotopic (exact) mass is 408 g/mol. The summed E-state index contributed by atoms with van der Waals surface area (Å²) in [6.07, 6.45) is 0.779. The van der Waals surface area contributed by atoms with Gasteiger partial charge >= 0.3 is 0 Å². The molecule has 5 heteroatoms. The second-order valence-corrected chi connectivity index (χ2v) is 13.8. The van der Waals surface area contributed by atoms with Crippen LogP contribution in [0.1, 0.15) is 37.9 Å². The van der Waals surface area contributed by atoms with Gasteiger partial charge in [0.05, 0.1) is 19.4 Å². The lowest BCUT2D eigenvalue weighted by molar-refractivity contribution is 0.268. The minimum Gasteiger partial charge on any atom is -0.497 e. The first-order valence-corrected chi connectivity index (χ1v) is 13.0. The molecule has 3 rings (SSSR count). The first-order chi connectivity index (χ1) is 13.7. The Morgan fingerprint density at radius 1 is 0.966 bits per heavy atom. The van der Waals surface area contributed by atoms with Gasteiger partial charge in [-0.05, 0) is 35.8 Å². The molecule has 0 atom stereocenters. The van der Waals surface area contributed by atoms with Crippen molar-refractivity contribution in [2.45, 2.75) is 51.9 Å². The Morgan fingerprint density at radius 3 is 2.21 bits per heavy atom. The van der Waals surface area contributed by atoms with E-state index in [1.165, 1.54) is 5.56 Å². The van der Waals surface area contributed by atoms with Crippen molar-refractivity contribution >= 4 is 8.32 Å². The maximum absolute atomic E-state index is 6.39. The Morgan fingerprint density at radius 2 is 1.62 bits per heavy atom. The molecule has 0 fully saturated rings. The number of hydrogen-bond donors (Lipinski definition) is 1. The lowest BCUT2D eigenvalue weighted by Crippen LogP contribution is -2.40. The summed E-state index contributed by atoms with van der Waals surface area (Å²) >= 11 is 0. The van der Waals surface area contributed by atoms with E-state index in [1.807, 2.05) is 30.3 Å². The second-order valence-electron chi connectivity index (χ2n) is 8.95. The number of aromatic nitrogens is 2. The Hall–Kier alpha value is -2.37. The Labute approximate surface area is 175 Å². The quantitative estimate of drug-likeness (QED) is 0.474. The zero-order valence-electron chi connectivity index (χ0n) is 18.4. The SMILES string of the molecule is COc1ccc(Cc2[nH]c(CO[Si](C)(C)C(C)(C)C)nc2-c2ccccc2)cc1. The van der Waals surface area contributed by atoms with E-state index in [-0.39, 0.29) is 5.04 Å². The van der Waals surface area contributed by atoms with Gasteiger partial charge in [-0.3, -0.25) is 0 Å². The standard InChI is InChI=1S/C24H32N2O2Si/c1-24(2,3)29(5,6)28-17-22-25-21(16-18-12-14-20(27-4)15-13-18)23(26-22)19-10-8-7-9-11-19/h7-15H,16-17H2,1-6H3,(H,25,26). The molecule has 1 heterocycles. The van der Waals surface area contributed by atoms with Crippen molar-refractivity contribution in [2.75, 3.05) is 7.11 Å². The first kappa shape index (κ1) is 21.3. The van der Waals surface area contributed by atoms with Crippen molar-refractivity contribution in [3.63, 3.8) is 0 Å². The molecule has 3 aromatic rings. The molecule has 1 aromatic heterocycles. The van der Waals surface area contributed by atoms with E-state index < -0.39 is 8.32 Å². The second kappa shape index (κ2) is 8.55. The minimum atomic E-state index is -1.83. The van der Waals surface area contributed by atoms with E-state index >= 15 is 0 Å². The maximum atomic E-state index is 6.39. The van der Waals surface area contributed by atoms with Crippen LogP contribution in [0.2, 0.25) is 18.1 Å². The first-order valence-electron chi connectivity index (χ1n) is 10.1. The number of ether oxygens (including phenoxy) is 1. The third-order valence-electron chi connectivity index (χ3n) is 5.79. The van der Waals surface area contributed by atoms with Crippen molar-refractivity contribution in [2.24, 2.45) is 0 Å². The average molecular weight is 409 g/mol. The van der Waals surface area contributed by atoms with E-state index in [4.69, 9.17) is 14.1 Å². The summed E-state index contributed by atoms with van der Waals surface area (Å²) in [6.45, 7) is 11.8. The van der Waals surface area contributed by atoms with E-state index in [9.17, 15) is 0 Å². The summed E-state index contributed by atoms with van der Waals surface area (Å²) in [7, 11) is -0.147. The molecule has 0 amide bonds. The fraction of sp³-hybridized carbons (Fsp3) is 0.375. The molecule has 0 unspecified atom stereocenters.